The van der Waals surface area contributed by atoms with Gasteiger partial charge in [-0.05, 0) is 0 Å². The van der Waals surface area contributed by atoms with E-state index in [1.165, 1.54) is 12.1 Å². The molecule has 4 aromatic carbocycles. The van der Waals surface area contributed by atoms with Crippen molar-refractivity contribution in [2.75, 3.05) is 0 Å². The van der Waals surface area contributed by atoms with Crippen LogP contribution in [0.15, 0.2) is 120 Å². The summed E-state index contributed by atoms with van der Waals surface area (Å²) in [5.41, 5.74) is -0.203. The molecule has 0 radical (unpaired) electrons. The first kappa shape index (κ1) is 23.3. The summed E-state index contributed by atoms with van der Waals surface area (Å²) in [7, 11) is -3.35. The van der Waals surface area contributed by atoms with Crippen molar-refractivity contribution in [3.63, 3.8) is 0 Å². The fourth-order valence-electron chi connectivity index (χ4n) is 3.48. The predicted octanol–water partition coefficient (Wildman–Crippen LogP) is 6.05. The van der Waals surface area contributed by atoms with E-state index in [4.69, 9.17) is 0 Å². The van der Waals surface area contributed by atoms with Crippen LogP contribution in [0.4, 0.5) is 13.2 Å². The Hall–Kier alpha value is -2.84. The van der Waals surface area contributed by atoms with Gasteiger partial charge < -0.3 is 0 Å². The summed E-state index contributed by atoms with van der Waals surface area (Å²) in [5.74, 6) is 0. The molecule has 33 heavy (non-hydrogen) atoms. The number of hydrogen-bond acceptors (Lipinski definition) is 1. The second kappa shape index (κ2) is 9.97. The third-order valence-corrected chi connectivity index (χ3v) is 10.5. The van der Waals surface area contributed by atoms with Crippen molar-refractivity contribution in [3.05, 3.63) is 131 Å². The van der Waals surface area contributed by atoms with Crippen LogP contribution in [-0.2, 0) is 10.7 Å². The minimum absolute atomic E-state index is 0.168. The molecule has 0 aliphatic rings. The molecule has 0 saturated carbocycles. The van der Waals surface area contributed by atoms with Gasteiger partial charge in [0.05, 0.1) is 0 Å². The van der Waals surface area contributed by atoms with E-state index in [0.717, 1.165) is 16.6 Å². The molecule has 0 heterocycles. The third kappa shape index (κ3) is 5.23. The zero-order chi connectivity index (χ0) is 23.3. The summed E-state index contributed by atoms with van der Waals surface area (Å²) in [6, 6.07) is 33.1. The van der Waals surface area contributed by atoms with Crippen LogP contribution in [0.25, 0.3) is 5.31 Å². The molecule has 0 spiro atoms. The fourth-order valence-corrected chi connectivity index (χ4v) is 8.85. The number of rotatable bonds is 6. The van der Waals surface area contributed by atoms with Crippen LogP contribution >= 0.6 is 7.14 Å². The van der Waals surface area contributed by atoms with Gasteiger partial charge >= 0.3 is 198 Å². The van der Waals surface area contributed by atoms with Crippen molar-refractivity contribution in [1.82, 2.24) is 0 Å². The molecule has 4 rings (SSSR count). The molecule has 0 aliphatic carbocycles. The van der Waals surface area contributed by atoms with Crippen molar-refractivity contribution in [1.29, 1.82) is 0 Å². The Morgan fingerprint density at radius 2 is 1.12 bits per heavy atom. The third-order valence-electron chi connectivity index (χ3n) is 5.14. The molecular weight excluding hydrogens is 507 g/mol. The maximum absolute atomic E-state index is 14.9. The first-order chi connectivity index (χ1) is 15.9. The van der Waals surface area contributed by atoms with Gasteiger partial charge in [0, 0.05) is 0 Å². The summed E-state index contributed by atoms with van der Waals surface area (Å²) in [6.07, 6.45) is -4.43. The molecule has 0 aliphatic heterocycles. The van der Waals surface area contributed by atoms with Gasteiger partial charge in [0.2, 0.25) is 0 Å². The van der Waals surface area contributed by atoms with Crippen LogP contribution in [0.5, 0.6) is 0 Å². The number of benzene rings is 4. The Balaban J connectivity index is 1.92. The molecule has 0 amide bonds. The van der Waals surface area contributed by atoms with E-state index in [1.807, 2.05) is 96.0 Å². The van der Waals surface area contributed by atoms with Gasteiger partial charge in [0.15, 0.2) is 0 Å². The predicted molar refractivity (Wildman–Crippen MR) is 131 cm³/mol. The van der Waals surface area contributed by atoms with Crippen molar-refractivity contribution in [3.8, 4) is 0 Å². The minimum atomic E-state index is -4.43. The van der Waals surface area contributed by atoms with E-state index in [0.29, 0.717) is 21.5 Å². The Labute approximate surface area is 197 Å². The SMILES string of the molecule is O=P(/C(=C/[Se]c1ccccc1)c1ccc(C(F)(F)F)cc1)(c1ccccc1)c1ccccc1. The summed E-state index contributed by atoms with van der Waals surface area (Å²) < 4.78 is 55.6. The summed E-state index contributed by atoms with van der Waals surface area (Å²) in [4.78, 5) is 1.95. The average molecular weight is 527 g/mol. The molecule has 0 N–H and O–H groups in total. The van der Waals surface area contributed by atoms with Gasteiger partial charge in [-0.3, -0.25) is 0 Å². The second-order valence-corrected chi connectivity index (χ2v) is 12.0. The average Bonchev–Trinajstić information content (AvgIpc) is 2.85. The van der Waals surface area contributed by atoms with E-state index in [-0.39, 0.29) is 15.0 Å². The number of alkyl halides is 3. The monoisotopic (exact) mass is 528 g/mol. The van der Waals surface area contributed by atoms with E-state index >= 15 is 0 Å². The van der Waals surface area contributed by atoms with Crippen molar-refractivity contribution in [2.45, 2.75) is 6.18 Å². The molecule has 6 heteroatoms. The van der Waals surface area contributed by atoms with Gasteiger partial charge in [-0.15, -0.1) is 0 Å². The Kier molecular flexibility index (Phi) is 7.05. The maximum atomic E-state index is 14.9. The van der Waals surface area contributed by atoms with Crippen LogP contribution in [0.3, 0.4) is 0 Å². The second-order valence-electron chi connectivity index (χ2n) is 7.29. The van der Waals surface area contributed by atoms with Crippen LogP contribution < -0.4 is 15.1 Å². The van der Waals surface area contributed by atoms with Gasteiger partial charge in [0.1, 0.15) is 0 Å². The number of halogens is 3. The van der Waals surface area contributed by atoms with E-state index in [9.17, 15) is 17.7 Å². The van der Waals surface area contributed by atoms with Crippen LogP contribution in [-0.4, -0.2) is 15.0 Å². The van der Waals surface area contributed by atoms with Crippen molar-refractivity contribution >= 4 is 42.5 Å². The van der Waals surface area contributed by atoms with Crippen LogP contribution in [0.1, 0.15) is 11.1 Å². The van der Waals surface area contributed by atoms with Crippen molar-refractivity contribution < 1.29 is 17.7 Å². The standard InChI is InChI=1S/C27H20F3OPSe/c28-27(29,30)22-18-16-21(17-19-22)26(20-33-25-14-8-3-9-15-25)32(31,23-10-4-1-5-11-23)24-12-6-2-7-13-24/h1-20H/b26-20+. The van der Waals surface area contributed by atoms with Gasteiger partial charge in [-0.2, -0.15) is 0 Å². The van der Waals surface area contributed by atoms with Gasteiger partial charge in [0.25, 0.3) is 0 Å². The number of hydrogen-bond donors (Lipinski definition) is 0. The zero-order valence-corrected chi connectivity index (χ0v) is 20.1. The first-order valence-electron chi connectivity index (χ1n) is 10.2. The molecule has 0 aromatic heterocycles. The molecule has 166 valence electrons. The summed E-state index contributed by atoms with van der Waals surface area (Å²) >= 11 is -0.168. The zero-order valence-electron chi connectivity index (χ0n) is 17.4. The molecular formula is C27H20F3OPSe. The summed E-state index contributed by atoms with van der Waals surface area (Å²) in [6.45, 7) is 0. The molecule has 0 bridgehead atoms. The molecule has 0 saturated heterocycles. The molecule has 0 fully saturated rings. The van der Waals surface area contributed by atoms with Gasteiger partial charge in [-0.1, -0.05) is 0 Å². The van der Waals surface area contributed by atoms with E-state index in [1.54, 1.807) is 0 Å². The molecule has 0 unspecified atom stereocenters. The van der Waals surface area contributed by atoms with Gasteiger partial charge in [-0.25, -0.2) is 0 Å². The molecule has 1 nitrogen and oxygen atoms in total. The quantitative estimate of drug-likeness (QED) is 0.221. The van der Waals surface area contributed by atoms with E-state index in [2.05, 4.69) is 0 Å². The Bertz CT molecular complexity index is 1230. The van der Waals surface area contributed by atoms with E-state index < -0.39 is 18.9 Å². The first-order valence-corrected chi connectivity index (χ1v) is 13.8. The Morgan fingerprint density at radius 1 is 0.667 bits per heavy atom. The molecule has 0 atom stereocenters. The Morgan fingerprint density at radius 3 is 1.58 bits per heavy atom. The van der Waals surface area contributed by atoms with Crippen molar-refractivity contribution in [2.24, 2.45) is 0 Å². The summed E-state index contributed by atoms with van der Waals surface area (Å²) in [5, 5.41) is 1.84. The van der Waals surface area contributed by atoms with Crippen LogP contribution in [0.2, 0.25) is 0 Å². The van der Waals surface area contributed by atoms with Crippen LogP contribution in [0, 0.1) is 0 Å². The topological polar surface area (TPSA) is 17.1 Å². The molecule has 4 aromatic rings. The normalized spacial score (nSPS) is 12.5. The fraction of sp³-hybridized carbons (Fsp3) is 0.0370.